The molecule has 0 N–H and O–H groups in total. The van der Waals surface area contributed by atoms with Crippen LogP contribution in [0.4, 0.5) is 0 Å². The van der Waals surface area contributed by atoms with Crippen molar-refractivity contribution in [1.82, 2.24) is 0 Å². The molecule has 0 fully saturated rings. The van der Waals surface area contributed by atoms with Crippen LogP contribution in [0.1, 0.15) is 32.8 Å². The van der Waals surface area contributed by atoms with Crippen LogP contribution in [0.15, 0.2) is 42.0 Å². The third-order valence-corrected chi connectivity index (χ3v) is 4.93. The number of sulfone groups is 1. The van der Waals surface area contributed by atoms with Gasteiger partial charge >= 0.3 is 0 Å². The molecule has 0 aliphatic heterocycles. The molecule has 0 heterocycles. The van der Waals surface area contributed by atoms with Gasteiger partial charge < -0.3 is 4.74 Å². The minimum atomic E-state index is -3.14. The van der Waals surface area contributed by atoms with Crippen molar-refractivity contribution in [2.75, 3.05) is 6.26 Å². The summed E-state index contributed by atoms with van der Waals surface area (Å²) in [6.07, 6.45) is 2.70. The topological polar surface area (TPSA) is 60.4 Å². The lowest BCUT2D eigenvalue weighted by Crippen LogP contribution is -2.21. The van der Waals surface area contributed by atoms with Crippen molar-refractivity contribution in [3.8, 4) is 0 Å². The van der Waals surface area contributed by atoms with Gasteiger partial charge in [-0.2, -0.15) is 0 Å². The van der Waals surface area contributed by atoms with E-state index >= 15 is 0 Å². The summed E-state index contributed by atoms with van der Waals surface area (Å²) in [5.41, 5.74) is 1.78. The van der Waals surface area contributed by atoms with Crippen molar-refractivity contribution in [2.24, 2.45) is 0 Å². The predicted molar refractivity (Wildman–Crippen MR) is 88.4 cm³/mol. The van der Waals surface area contributed by atoms with Crippen LogP contribution in [0.25, 0.3) is 0 Å². The summed E-state index contributed by atoms with van der Waals surface area (Å²) in [5, 5.41) is -0.595. The molecule has 5 heteroatoms. The van der Waals surface area contributed by atoms with E-state index in [1.54, 1.807) is 19.9 Å². The fourth-order valence-electron chi connectivity index (χ4n) is 1.98. The summed E-state index contributed by atoms with van der Waals surface area (Å²) in [5.74, 6) is 0.0119. The van der Waals surface area contributed by atoms with Crippen LogP contribution in [-0.2, 0) is 26.0 Å². The average molecular weight is 324 g/mol. The first kappa shape index (κ1) is 18.6. The van der Waals surface area contributed by atoms with Crippen molar-refractivity contribution in [3.05, 3.63) is 47.5 Å². The van der Waals surface area contributed by atoms with Gasteiger partial charge in [-0.3, -0.25) is 4.79 Å². The number of rotatable bonds is 8. The quantitative estimate of drug-likeness (QED) is 0.690. The van der Waals surface area contributed by atoms with E-state index in [0.29, 0.717) is 6.61 Å². The third-order valence-electron chi connectivity index (χ3n) is 3.45. The Kier molecular flexibility index (Phi) is 6.97. The highest BCUT2D eigenvalue weighted by atomic mass is 32.2. The molecule has 2 atom stereocenters. The van der Waals surface area contributed by atoms with E-state index in [2.05, 4.69) is 0 Å². The van der Waals surface area contributed by atoms with Crippen LogP contribution < -0.4 is 0 Å². The zero-order valence-electron chi connectivity index (χ0n) is 13.6. The monoisotopic (exact) mass is 324 g/mol. The number of ether oxygens (including phenoxy) is 1. The van der Waals surface area contributed by atoms with Crippen molar-refractivity contribution in [1.29, 1.82) is 0 Å². The van der Waals surface area contributed by atoms with Crippen LogP contribution >= 0.6 is 0 Å². The van der Waals surface area contributed by atoms with Gasteiger partial charge in [-0.15, -0.1) is 0 Å². The van der Waals surface area contributed by atoms with Crippen molar-refractivity contribution >= 4 is 15.6 Å². The molecule has 0 aromatic heterocycles. The van der Waals surface area contributed by atoms with Gasteiger partial charge in [-0.1, -0.05) is 36.4 Å². The summed E-state index contributed by atoms with van der Waals surface area (Å²) in [7, 11) is -3.14. The first-order chi connectivity index (χ1) is 10.2. The van der Waals surface area contributed by atoms with Gasteiger partial charge in [-0.05, 0) is 31.9 Å². The molecule has 1 rings (SSSR count). The number of hydrogen-bond donors (Lipinski definition) is 0. The van der Waals surface area contributed by atoms with Crippen LogP contribution in [-0.4, -0.2) is 31.8 Å². The average Bonchev–Trinajstić information content (AvgIpc) is 2.43. The fourth-order valence-corrected chi connectivity index (χ4v) is 2.45. The minimum absolute atomic E-state index is 0.0119. The van der Waals surface area contributed by atoms with E-state index in [-0.39, 0.29) is 12.2 Å². The molecule has 0 saturated heterocycles. The second kappa shape index (κ2) is 8.25. The molecule has 1 aromatic rings. The molecular weight excluding hydrogens is 300 g/mol. The van der Waals surface area contributed by atoms with E-state index in [9.17, 15) is 13.2 Å². The predicted octanol–water partition coefficient (Wildman–Crippen LogP) is 2.93. The van der Waals surface area contributed by atoms with Crippen molar-refractivity contribution in [2.45, 2.75) is 45.2 Å². The molecule has 122 valence electrons. The molecule has 0 radical (unpaired) electrons. The molecule has 0 aliphatic rings. The lowest BCUT2D eigenvalue weighted by Gasteiger charge is -2.19. The molecule has 4 nitrogen and oxygen atoms in total. The number of Topliss-reactive ketones (excluding diaryl/α,β-unsaturated/α-hetero) is 1. The molecule has 0 amide bonds. The van der Waals surface area contributed by atoms with Crippen LogP contribution in [0, 0.1) is 0 Å². The summed E-state index contributed by atoms with van der Waals surface area (Å²) in [4.78, 5) is 11.4. The first-order valence-corrected chi connectivity index (χ1v) is 9.17. The van der Waals surface area contributed by atoms with E-state index in [0.717, 1.165) is 11.1 Å². The number of benzene rings is 1. The summed E-state index contributed by atoms with van der Waals surface area (Å²) >= 11 is 0. The second-order valence-electron chi connectivity index (χ2n) is 5.64. The summed E-state index contributed by atoms with van der Waals surface area (Å²) in [6, 6.07) is 9.67. The third kappa shape index (κ3) is 6.54. The Bertz CT molecular complexity index is 617. The number of hydrogen-bond acceptors (Lipinski definition) is 4. The zero-order chi connectivity index (χ0) is 16.8. The van der Waals surface area contributed by atoms with Gasteiger partial charge in [0.1, 0.15) is 5.78 Å². The van der Waals surface area contributed by atoms with Gasteiger partial charge in [0.2, 0.25) is 0 Å². The van der Waals surface area contributed by atoms with Gasteiger partial charge in [-0.25, -0.2) is 8.42 Å². The second-order valence-corrected chi connectivity index (χ2v) is 8.04. The number of carbonyl (C=O) groups is 1. The standard InChI is InChI=1S/C17H24O4S/c1-13(10-15(3)22(4,19)20)17(11-14(2)18)21-12-16-8-6-5-7-9-16/h5-10,15,17H,11-12H2,1-4H3/b13-10-/t15-,17+/m1/s1. The maximum Gasteiger partial charge on any atom is 0.153 e. The molecule has 0 spiro atoms. The Morgan fingerprint density at radius 2 is 1.82 bits per heavy atom. The Morgan fingerprint density at radius 1 is 1.23 bits per heavy atom. The van der Waals surface area contributed by atoms with Crippen molar-refractivity contribution < 1.29 is 17.9 Å². The van der Waals surface area contributed by atoms with Crippen molar-refractivity contribution in [3.63, 3.8) is 0 Å². The zero-order valence-corrected chi connectivity index (χ0v) is 14.4. The van der Waals surface area contributed by atoms with E-state index in [4.69, 9.17) is 4.74 Å². The summed E-state index contributed by atoms with van der Waals surface area (Å²) < 4.78 is 28.9. The lowest BCUT2D eigenvalue weighted by atomic mass is 10.0. The molecule has 0 aliphatic carbocycles. The molecule has 0 bridgehead atoms. The van der Waals surface area contributed by atoms with Crippen LogP contribution in [0.2, 0.25) is 0 Å². The van der Waals surface area contributed by atoms with Crippen LogP contribution in [0.5, 0.6) is 0 Å². The fraction of sp³-hybridized carbons (Fsp3) is 0.471. The highest BCUT2D eigenvalue weighted by Crippen LogP contribution is 2.16. The highest BCUT2D eigenvalue weighted by molar-refractivity contribution is 7.91. The van der Waals surface area contributed by atoms with Gasteiger partial charge in [0.25, 0.3) is 0 Å². The maximum absolute atomic E-state index is 11.5. The van der Waals surface area contributed by atoms with E-state index < -0.39 is 21.2 Å². The molecular formula is C17H24O4S. The highest BCUT2D eigenvalue weighted by Gasteiger charge is 2.18. The Balaban J connectivity index is 2.83. The van der Waals surface area contributed by atoms with Gasteiger partial charge in [0.05, 0.1) is 18.0 Å². The van der Waals surface area contributed by atoms with E-state index in [1.807, 2.05) is 30.3 Å². The smallest absolute Gasteiger partial charge is 0.153 e. The molecule has 22 heavy (non-hydrogen) atoms. The first-order valence-electron chi connectivity index (χ1n) is 7.22. The van der Waals surface area contributed by atoms with Gasteiger partial charge in [0, 0.05) is 12.7 Å². The Hall–Kier alpha value is -1.46. The molecule has 1 aromatic carbocycles. The van der Waals surface area contributed by atoms with Crippen LogP contribution in [0.3, 0.4) is 0 Å². The maximum atomic E-state index is 11.5. The minimum Gasteiger partial charge on any atom is -0.369 e. The van der Waals surface area contributed by atoms with E-state index in [1.165, 1.54) is 13.2 Å². The molecule has 0 unspecified atom stereocenters. The SMILES string of the molecule is CC(=O)C[C@H](OCc1ccccc1)/C(C)=C\[C@@H](C)S(C)(=O)=O. The molecule has 0 saturated carbocycles. The normalized spacial score (nSPS) is 15.4. The Morgan fingerprint density at radius 3 is 2.32 bits per heavy atom. The number of ketones is 1. The van der Waals surface area contributed by atoms with Gasteiger partial charge in [0.15, 0.2) is 9.84 Å². The lowest BCUT2D eigenvalue weighted by molar-refractivity contribution is -0.119. The number of carbonyl (C=O) groups excluding carboxylic acids is 1. The Labute approximate surface area is 133 Å². The summed E-state index contributed by atoms with van der Waals surface area (Å²) in [6.45, 7) is 5.32. The largest absolute Gasteiger partial charge is 0.369 e.